The van der Waals surface area contributed by atoms with Crippen LogP contribution in [0.2, 0.25) is 0 Å². The van der Waals surface area contributed by atoms with Gasteiger partial charge in [-0.25, -0.2) is 33.0 Å². The molecule has 5 atom stereocenters. The lowest BCUT2D eigenvalue weighted by Crippen LogP contribution is -2.60. The van der Waals surface area contributed by atoms with Crippen LogP contribution in [0.4, 0.5) is 36.3 Å². The normalized spacial score (nSPS) is 20.9. The molecule has 3 aromatic rings. The number of ether oxygens (including phenoxy) is 3. The molecule has 0 bridgehead atoms. The number of alkyl halides is 6. The van der Waals surface area contributed by atoms with Gasteiger partial charge in [-0.15, -0.1) is 17.9 Å². The van der Waals surface area contributed by atoms with E-state index in [1.807, 2.05) is 19.2 Å². The van der Waals surface area contributed by atoms with Crippen LogP contribution in [0.25, 0.3) is 22.3 Å². The van der Waals surface area contributed by atoms with E-state index in [0.717, 1.165) is 12.8 Å². The number of nitrogens with zero attached hydrogens (tertiary/aromatic N) is 3. The second kappa shape index (κ2) is 22.9. The van der Waals surface area contributed by atoms with Gasteiger partial charge < -0.3 is 35.1 Å². The maximum absolute atomic E-state index is 14.8. The zero-order valence-corrected chi connectivity index (χ0v) is 42.7. The Morgan fingerprint density at radius 3 is 2.15 bits per heavy atom. The fourth-order valence-corrected chi connectivity index (χ4v) is 9.69. The van der Waals surface area contributed by atoms with E-state index in [2.05, 4.69) is 36.0 Å². The van der Waals surface area contributed by atoms with Crippen LogP contribution in [-0.4, -0.2) is 131 Å². The molecule has 0 spiro atoms. The number of carbonyl (C=O) groups excluding carboxylic acids is 4. The van der Waals surface area contributed by atoms with Gasteiger partial charge >= 0.3 is 39.1 Å². The minimum atomic E-state index is -5.27. The number of aromatic nitrogens is 2. The molecule has 0 unspecified atom stereocenters. The molecule has 6 rings (SSSR count). The Kier molecular flexibility index (Phi) is 18.3. The van der Waals surface area contributed by atoms with E-state index in [1.54, 1.807) is 45.0 Å². The summed E-state index contributed by atoms with van der Waals surface area (Å²) in [6.07, 6.45) is -7.58. The van der Waals surface area contributed by atoms with Crippen molar-refractivity contribution in [2.75, 3.05) is 32.2 Å². The summed E-state index contributed by atoms with van der Waals surface area (Å²) in [6, 6.07) is 4.42. The summed E-state index contributed by atoms with van der Waals surface area (Å²) < 4.78 is 142. The SMILES string of the molecule is C=C[C@@H]1C[C@]1(NC(=O)[C@@H]1C[C@@H](Oc2cc(-c3csc(NC(C)C)n3)nc3cc(OC)ccc23)CN1C(=O)[C@@H](NC(=O)OC1CCCC1)C(C)(C)C)C(=O)NS(=O)(=O)OCC(F)(F)F.NS(=O)(=O)OCC(F)(F)F. The number of nitrogens with two attached hydrogens (primary N) is 1. The molecule has 3 heterocycles. The summed E-state index contributed by atoms with van der Waals surface area (Å²) in [5.74, 6) is -2.92. The molecule has 3 fully saturated rings. The first-order valence-electron chi connectivity index (χ1n) is 22.3. The molecule has 73 heavy (non-hydrogen) atoms. The Morgan fingerprint density at radius 2 is 1.60 bits per heavy atom. The standard InChI is InChI=1S/C41H52F3N7O10S2.C2H4F3NO3S/c1-8-23-18-40(23,36(54)50-63(56,57)59-21-41(42,43)44)49-34(52)31-16-26(19-51(31)35(53)33(39(4,5)6)48-38(55)61-24-11-9-10-12-24)60-32-17-29(30-20-62-37(47-30)45-22(2)3)46-28-15-25(58-7)13-14-27(28)32;3-2(4,5)1-9-10(6,7)8/h8,13-15,17,20,22-24,26,31,33H,1,9-12,16,18-19,21H2,2-7H3,(H,45,47)(H,48,55)(H,49,52)(H,50,54);1H2,(H2,6,7,8)/t23-,26-,31+,33-,40-;/m1./s1. The Labute approximate surface area is 420 Å². The third-order valence-electron chi connectivity index (χ3n) is 11.3. The van der Waals surface area contributed by atoms with Crippen molar-refractivity contribution >= 4 is 71.8 Å². The van der Waals surface area contributed by atoms with Crippen molar-refractivity contribution in [3.63, 3.8) is 0 Å². The maximum Gasteiger partial charge on any atom is 0.413 e. The number of nitrogens with one attached hydrogen (secondary N) is 4. The van der Waals surface area contributed by atoms with Gasteiger partial charge in [-0.3, -0.25) is 14.4 Å². The molecule has 1 aliphatic heterocycles. The average Bonchev–Trinajstić information content (AvgIpc) is 3.68. The summed E-state index contributed by atoms with van der Waals surface area (Å²) in [5.41, 5.74) is -1.38. The summed E-state index contributed by atoms with van der Waals surface area (Å²) in [7, 11) is -8.23. The third kappa shape index (κ3) is 16.7. The lowest BCUT2D eigenvalue weighted by molar-refractivity contribution is -0.153. The minimum Gasteiger partial charge on any atom is -0.497 e. The third-order valence-corrected chi connectivity index (χ3v) is 13.4. The number of hydrogen-bond acceptors (Lipinski definition) is 17. The molecule has 2 aliphatic carbocycles. The van der Waals surface area contributed by atoms with Crippen LogP contribution in [-0.2, 0) is 48.1 Å². The largest absolute Gasteiger partial charge is 0.497 e. The molecule has 2 aromatic heterocycles. The van der Waals surface area contributed by atoms with Gasteiger partial charge in [0.15, 0.2) is 18.3 Å². The second-order valence-electron chi connectivity index (χ2n) is 18.6. The molecule has 406 valence electrons. The first-order valence-corrected chi connectivity index (χ1v) is 26.1. The second-order valence-corrected chi connectivity index (χ2v) is 22.0. The van der Waals surface area contributed by atoms with Gasteiger partial charge in [-0.05, 0) is 63.5 Å². The fourth-order valence-electron chi connectivity index (χ4n) is 7.78. The number of halogens is 6. The lowest BCUT2D eigenvalue weighted by atomic mass is 9.85. The molecule has 6 N–H and O–H groups in total. The van der Waals surface area contributed by atoms with Crippen molar-refractivity contribution in [3.8, 4) is 22.9 Å². The first kappa shape index (κ1) is 58.3. The van der Waals surface area contributed by atoms with Gasteiger partial charge in [-0.1, -0.05) is 26.8 Å². The zero-order valence-electron chi connectivity index (χ0n) is 40.2. The van der Waals surface area contributed by atoms with Gasteiger partial charge in [0.1, 0.15) is 47.0 Å². The molecule has 1 saturated heterocycles. The molecule has 2 saturated carbocycles. The van der Waals surface area contributed by atoms with Crippen molar-refractivity contribution in [1.82, 2.24) is 30.2 Å². The van der Waals surface area contributed by atoms with Crippen molar-refractivity contribution < 1.29 is 84.9 Å². The summed E-state index contributed by atoms with van der Waals surface area (Å²) in [5, 5.41) is 15.7. The number of benzene rings is 1. The predicted octanol–water partition coefficient (Wildman–Crippen LogP) is 5.39. The number of likely N-dealkylation sites (tertiary alicyclic amines) is 1. The van der Waals surface area contributed by atoms with Gasteiger partial charge in [0, 0.05) is 41.3 Å². The van der Waals surface area contributed by atoms with Crippen molar-refractivity contribution in [1.29, 1.82) is 0 Å². The van der Waals surface area contributed by atoms with E-state index in [0.29, 0.717) is 51.8 Å². The highest BCUT2D eigenvalue weighted by atomic mass is 32.2. The molecular formula is C43H56F6N8O13S3. The maximum atomic E-state index is 14.8. The van der Waals surface area contributed by atoms with E-state index in [1.165, 1.54) is 34.1 Å². The molecule has 0 radical (unpaired) electrons. The Hall–Kier alpha value is -5.56. The highest BCUT2D eigenvalue weighted by Gasteiger charge is 2.62. The summed E-state index contributed by atoms with van der Waals surface area (Å²) in [6.45, 7) is 8.52. The highest BCUT2D eigenvalue weighted by Crippen LogP contribution is 2.45. The molecule has 3 aliphatic rings. The van der Waals surface area contributed by atoms with Crippen LogP contribution >= 0.6 is 11.3 Å². The fraction of sp³-hybridized carbons (Fsp3) is 0.581. The number of alkyl carbamates (subject to hydrolysis) is 1. The van der Waals surface area contributed by atoms with Crippen LogP contribution < -0.4 is 35.3 Å². The van der Waals surface area contributed by atoms with Gasteiger partial charge in [0.05, 0.1) is 24.9 Å². The number of anilines is 1. The van der Waals surface area contributed by atoms with Crippen molar-refractivity contribution in [2.24, 2.45) is 16.5 Å². The Balaban J connectivity index is 0.000000891. The van der Waals surface area contributed by atoms with Crippen LogP contribution in [0.5, 0.6) is 11.5 Å². The van der Waals surface area contributed by atoms with E-state index >= 15 is 0 Å². The molecule has 1 aromatic carbocycles. The number of methoxy groups -OCH3 is 1. The van der Waals surface area contributed by atoms with Crippen LogP contribution in [0.15, 0.2) is 42.3 Å². The highest BCUT2D eigenvalue weighted by molar-refractivity contribution is 7.85. The minimum absolute atomic E-state index is 0.123. The number of pyridine rings is 1. The topological polar surface area (TPSA) is 286 Å². The van der Waals surface area contributed by atoms with E-state index in [-0.39, 0.29) is 31.5 Å². The number of amides is 4. The Morgan fingerprint density at radius 1 is 0.959 bits per heavy atom. The Bertz CT molecular complexity index is 2730. The number of hydrogen-bond donors (Lipinski definition) is 5. The van der Waals surface area contributed by atoms with Crippen LogP contribution in [0, 0.1) is 11.3 Å². The van der Waals surface area contributed by atoms with E-state index < -0.39 is 105 Å². The van der Waals surface area contributed by atoms with Gasteiger partial charge in [0.25, 0.3) is 5.91 Å². The molecular weight excluding hydrogens is 1050 g/mol. The predicted molar refractivity (Wildman–Crippen MR) is 251 cm³/mol. The molecule has 30 heteroatoms. The smallest absolute Gasteiger partial charge is 0.413 e. The number of fused-ring (bicyclic) bond motifs is 1. The van der Waals surface area contributed by atoms with Crippen molar-refractivity contribution in [3.05, 3.63) is 42.3 Å². The monoisotopic (exact) mass is 1100 g/mol. The quantitative estimate of drug-likeness (QED) is 0.0789. The van der Waals surface area contributed by atoms with Crippen LogP contribution in [0.1, 0.15) is 73.1 Å². The van der Waals surface area contributed by atoms with Gasteiger partial charge in [-0.2, -0.15) is 43.2 Å². The number of rotatable bonds is 18. The average molecular weight is 1100 g/mol. The number of thiazole rings is 1. The molecule has 21 nitrogen and oxygen atoms in total. The van der Waals surface area contributed by atoms with Crippen molar-refractivity contribution in [2.45, 2.75) is 121 Å². The lowest BCUT2D eigenvalue weighted by Gasteiger charge is -2.35. The summed E-state index contributed by atoms with van der Waals surface area (Å²) in [4.78, 5) is 66.7. The first-order chi connectivity index (χ1) is 33.7. The van der Waals surface area contributed by atoms with E-state index in [9.17, 15) is 62.4 Å². The molecule has 4 amide bonds. The zero-order chi connectivity index (χ0) is 54.5. The summed E-state index contributed by atoms with van der Waals surface area (Å²) >= 11 is 1.39. The van der Waals surface area contributed by atoms with Crippen LogP contribution in [0.3, 0.4) is 0 Å². The number of carbonyl (C=O) groups is 4. The van der Waals surface area contributed by atoms with E-state index in [4.69, 9.17) is 24.2 Å². The van der Waals surface area contributed by atoms with Gasteiger partial charge in [0.2, 0.25) is 11.8 Å².